The number of nitrogens with one attached hydrogen (secondary N) is 1. The fraction of sp³-hybridized carbons (Fsp3) is 0.222. The molecule has 2 rings (SSSR count). The summed E-state index contributed by atoms with van der Waals surface area (Å²) in [6.07, 6.45) is 0.753. The predicted molar refractivity (Wildman–Crippen MR) is 89.4 cm³/mol. The Morgan fingerprint density at radius 2 is 1.35 bits per heavy atom. The maximum Gasteiger partial charge on any atom is 0.240 e. The zero-order chi connectivity index (χ0) is 16.7. The third kappa shape index (κ3) is 5.23. The minimum absolute atomic E-state index is 0.347. The number of carbonyl (C=O) groups excluding carboxylic acids is 2. The van der Waals surface area contributed by atoms with Crippen LogP contribution in [0, 0.1) is 0 Å². The molecule has 5 nitrogen and oxygen atoms in total. The van der Waals surface area contributed by atoms with E-state index in [1.807, 2.05) is 60.7 Å². The molecule has 2 amide bonds. The Bertz CT molecular complexity index is 644. The lowest BCUT2D eigenvalue weighted by atomic mass is 10.0. The Labute approximate surface area is 135 Å². The van der Waals surface area contributed by atoms with Gasteiger partial charge in [0.05, 0.1) is 6.04 Å². The Kier molecular flexibility index (Phi) is 5.88. The summed E-state index contributed by atoms with van der Waals surface area (Å²) >= 11 is 0. The highest BCUT2D eigenvalue weighted by molar-refractivity contribution is 5.89. The third-order valence-electron chi connectivity index (χ3n) is 3.58. The van der Waals surface area contributed by atoms with Gasteiger partial charge in [-0.25, -0.2) is 0 Å². The average molecular weight is 311 g/mol. The molecule has 2 aromatic rings. The smallest absolute Gasteiger partial charge is 0.240 e. The van der Waals surface area contributed by atoms with Crippen molar-refractivity contribution in [3.05, 3.63) is 71.8 Å². The second-order valence-electron chi connectivity index (χ2n) is 5.45. The van der Waals surface area contributed by atoms with Crippen LogP contribution < -0.4 is 16.8 Å². The summed E-state index contributed by atoms with van der Waals surface area (Å²) in [4.78, 5) is 23.8. The van der Waals surface area contributed by atoms with Gasteiger partial charge in [-0.05, 0) is 17.5 Å². The highest BCUT2D eigenvalue weighted by Crippen LogP contribution is 2.05. The first-order chi connectivity index (χ1) is 11.1. The van der Waals surface area contributed by atoms with Gasteiger partial charge in [-0.1, -0.05) is 60.7 Å². The highest BCUT2D eigenvalue weighted by atomic mass is 16.2. The van der Waals surface area contributed by atoms with Crippen molar-refractivity contribution in [1.82, 2.24) is 5.32 Å². The van der Waals surface area contributed by atoms with Crippen LogP contribution in [0.1, 0.15) is 11.1 Å². The summed E-state index contributed by atoms with van der Waals surface area (Å²) in [5, 5.41) is 2.65. The van der Waals surface area contributed by atoms with Crippen molar-refractivity contribution in [3.63, 3.8) is 0 Å². The van der Waals surface area contributed by atoms with Gasteiger partial charge in [0, 0.05) is 6.42 Å². The second kappa shape index (κ2) is 8.10. The molecule has 2 atom stereocenters. The summed E-state index contributed by atoms with van der Waals surface area (Å²) < 4.78 is 0. The van der Waals surface area contributed by atoms with Gasteiger partial charge in [-0.2, -0.15) is 0 Å². The van der Waals surface area contributed by atoms with E-state index < -0.39 is 18.0 Å². The van der Waals surface area contributed by atoms with Crippen molar-refractivity contribution in [3.8, 4) is 0 Å². The van der Waals surface area contributed by atoms with Crippen molar-refractivity contribution in [1.29, 1.82) is 0 Å². The normalized spacial score (nSPS) is 13.1. The molecule has 23 heavy (non-hydrogen) atoms. The molecule has 0 aliphatic heterocycles. The van der Waals surface area contributed by atoms with E-state index in [2.05, 4.69) is 5.32 Å². The second-order valence-corrected chi connectivity index (χ2v) is 5.45. The molecule has 5 heteroatoms. The largest absolute Gasteiger partial charge is 0.368 e. The molecule has 0 aliphatic carbocycles. The van der Waals surface area contributed by atoms with E-state index in [0.29, 0.717) is 12.8 Å². The molecule has 0 radical (unpaired) electrons. The average Bonchev–Trinajstić information content (AvgIpc) is 2.56. The van der Waals surface area contributed by atoms with Crippen LogP contribution in [0.2, 0.25) is 0 Å². The van der Waals surface area contributed by atoms with Gasteiger partial charge in [0.2, 0.25) is 11.8 Å². The molecule has 0 saturated heterocycles. The van der Waals surface area contributed by atoms with E-state index >= 15 is 0 Å². The lowest BCUT2D eigenvalue weighted by Gasteiger charge is -2.18. The molecule has 2 aromatic carbocycles. The first-order valence-corrected chi connectivity index (χ1v) is 7.49. The van der Waals surface area contributed by atoms with Crippen LogP contribution in [-0.4, -0.2) is 23.9 Å². The van der Waals surface area contributed by atoms with Crippen molar-refractivity contribution in [2.75, 3.05) is 0 Å². The van der Waals surface area contributed by atoms with Crippen LogP contribution in [0.15, 0.2) is 60.7 Å². The van der Waals surface area contributed by atoms with Crippen molar-refractivity contribution >= 4 is 11.8 Å². The van der Waals surface area contributed by atoms with Gasteiger partial charge in [0.1, 0.15) is 6.04 Å². The molecule has 0 fully saturated rings. The number of rotatable bonds is 7. The van der Waals surface area contributed by atoms with Crippen LogP contribution in [0.5, 0.6) is 0 Å². The van der Waals surface area contributed by atoms with E-state index in [1.54, 1.807) is 0 Å². The summed E-state index contributed by atoms with van der Waals surface area (Å²) in [6, 6.07) is 17.4. The maximum absolute atomic E-state index is 12.2. The standard InChI is InChI=1S/C18H21N3O2/c19-15(11-13-7-3-1-4-8-13)18(23)21-16(17(20)22)12-14-9-5-2-6-10-14/h1-10,15-16H,11-12,19H2,(H2,20,22)(H,21,23)/t15-,16-/m1/s1. The number of benzene rings is 2. The Morgan fingerprint density at radius 1 is 0.870 bits per heavy atom. The van der Waals surface area contributed by atoms with Gasteiger partial charge in [-0.3, -0.25) is 9.59 Å². The quantitative estimate of drug-likeness (QED) is 0.704. The third-order valence-corrected chi connectivity index (χ3v) is 3.58. The lowest BCUT2D eigenvalue weighted by Crippen LogP contribution is -2.51. The molecule has 0 aromatic heterocycles. The number of hydrogen-bond donors (Lipinski definition) is 3. The summed E-state index contributed by atoms with van der Waals surface area (Å²) in [5.41, 5.74) is 13.2. The zero-order valence-electron chi connectivity index (χ0n) is 12.8. The lowest BCUT2D eigenvalue weighted by molar-refractivity contribution is -0.128. The van der Waals surface area contributed by atoms with Crippen LogP contribution in [0.3, 0.4) is 0 Å². The topological polar surface area (TPSA) is 98.2 Å². The molecular weight excluding hydrogens is 290 g/mol. The molecule has 0 unspecified atom stereocenters. The van der Waals surface area contributed by atoms with E-state index in [9.17, 15) is 9.59 Å². The van der Waals surface area contributed by atoms with Gasteiger partial charge in [-0.15, -0.1) is 0 Å². The van der Waals surface area contributed by atoms with E-state index in [0.717, 1.165) is 11.1 Å². The number of hydrogen-bond acceptors (Lipinski definition) is 3. The fourth-order valence-corrected chi connectivity index (χ4v) is 2.31. The maximum atomic E-state index is 12.2. The monoisotopic (exact) mass is 311 g/mol. The first kappa shape index (κ1) is 16.7. The Morgan fingerprint density at radius 3 is 1.83 bits per heavy atom. The van der Waals surface area contributed by atoms with Crippen molar-refractivity contribution in [2.24, 2.45) is 11.5 Å². The molecular formula is C18H21N3O2. The van der Waals surface area contributed by atoms with E-state index in [-0.39, 0.29) is 5.91 Å². The number of amides is 2. The van der Waals surface area contributed by atoms with Gasteiger partial charge < -0.3 is 16.8 Å². The summed E-state index contributed by atoms with van der Waals surface area (Å²) in [5.74, 6) is -0.956. The van der Waals surface area contributed by atoms with Crippen LogP contribution in [-0.2, 0) is 22.4 Å². The summed E-state index contributed by atoms with van der Waals surface area (Å²) in [7, 11) is 0. The van der Waals surface area contributed by atoms with Crippen LogP contribution in [0.25, 0.3) is 0 Å². The minimum atomic E-state index is -0.772. The number of primary amides is 1. The fourth-order valence-electron chi connectivity index (χ4n) is 2.31. The molecule has 0 spiro atoms. The molecule has 0 saturated carbocycles. The number of nitrogens with two attached hydrogens (primary N) is 2. The number of carbonyl (C=O) groups is 2. The summed E-state index contributed by atoms with van der Waals surface area (Å²) in [6.45, 7) is 0. The first-order valence-electron chi connectivity index (χ1n) is 7.49. The van der Waals surface area contributed by atoms with Gasteiger partial charge >= 0.3 is 0 Å². The van der Waals surface area contributed by atoms with E-state index in [4.69, 9.17) is 11.5 Å². The van der Waals surface area contributed by atoms with Gasteiger partial charge in [0.15, 0.2) is 0 Å². The van der Waals surface area contributed by atoms with Gasteiger partial charge in [0.25, 0.3) is 0 Å². The Hall–Kier alpha value is -2.66. The van der Waals surface area contributed by atoms with Crippen molar-refractivity contribution < 1.29 is 9.59 Å². The van der Waals surface area contributed by atoms with Crippen LogP contribution >= 0.6 is 0 Å². The molecule has 0 heterocycles. The predicted octanol–water partition coefficient (Wildman–Crippen LogP) is 0.769. The molecule has 5 N–H and O–H groups in total. The van der Waals surface area contributed by atoms with Crippen LogP contribution in [0.4, 0.5) is 0 Å². The molecule has 0 bridgehead atoms. The van der Waals surface area contributed by atoms with E-state index in [1.165, 1.54) is 0 Å². The minimum Gasteiger partial charge on any atom is -0.368 e. The highest BCUT2D eigenvalue weighted by Gasteiger charge is 2.22. The molecule has 0 aliphatic rings. The molecule has 120 valence electrons. The Balaban J connectivity index is 1.96. The SMILES string of the molecule is NC(=O)[C@@H](Cc1ccccc1)NC(=O)[C@H](N)Cc1ccccc1. The van der Waals surface area contributed by atoms with Crippen molar-refractivity contribution in [2.45, 2.75) is 24.9 Å². The zero-order valence-corrected chi connectivity index (χ0v) is 12.8.